The molecule has 0 aromatic heterocycles. The monoisotopic (exact) mass is 351 g/mol. The average molecular weight is 351 g/mol. The Morgan fingerprint density at radius 3 is 2.08 bits per heavy atom. The van der Waals surface area contributed by atoms with Gasteiger partial charge in [0.2, 0.25) is 0 Å². The molecule has 3 rings (SSSR count). The number of oxime groups is 1. The van der Waals surface area contributed by atoms with Crippen molar-refractivity contribution in [2.24, 2.45) is 17.0 Å². The van der Waals surface area contributed by atoms with Gasteiger partial charge in [-0.05, 0) is 19.3 Å². The Labute approximate surface area is 149 Å². The molecule has 3 aliphatic rings. The first-order valence-electron chi connectivity index (χ1n) is 9.66. The van der Waals surface area contributed by atoms with E-state index in [0.29, 0.717) is 0 Å². The zero-order chi connectivity index (χ0) is 17.9. The van der Waals surface area contributed by atoms with Gasteiger partial charge in [0.1, 0.15) is 0 Å². The van der Waals surface area contributed by atoms with Crippen LogP contribution in [-0.4, -0.2) is 29.5 Å². The van der Waals surface area contributed by atoms with Gasteiger partial charge in [-0.1, -0.05) is 50.1 Å². The third-order valence-electron chi connectivity index (χ3n) is 5.34. The number of carbonyl (C=O) groups is 2. The molecule has 6 heteroatoms. The van der Waals surface area contributed by atoms with Crippen LogP contribution in [0.2, 0.25) is 0 Å². The molecule has 2 heterocycles. The molecular weight excluding hydrogens is 322 g/mol. The number of nitrogens with zero attached hydrogens (tertiary/aromatic N) is 1. The van der Waals surface area contributed by atoms with E-state index in [2.05, 4.69) is 5.16 Å². The van der Waals surface area contributed by atoms with Crippen LogP contribution in [0.1, 0.15) is 78.1 Å². The molecule has 0 amide bonds. The zero-order valence-electron chi connectivity index (χ0n) is 15.3. The van der Waals surface area contributed by atoms with Crippen molar-refractivity contribution in [2.45, 2.75) is 89.9 Å². The number of hydrogen-bond donors (Lipinski definition) is 0. The highest BCUT2D eigenvalue weighted by Crippen LogP contribution is 2.36. The fourth-order valence-corrected chi connectivity index (χ4v) is 4.04. The summed E-state index contributed by atoms with van der Waals surface area (Å²) in [6.45, 7) is 3.12. The minimum atomic E-state index is -1.21. The summed E-state index contributed by atoms with van der Waals surface area (Å²) in [6.07, 6.45) is 10.8. The van der Waals surface area contributed by atoms with E-state index >= 15 is 0 Å². The normalized spacial score (nSPS) is 31.5. The van der Waals surface area contributed by atoms with Crippen molar-refractivity contribution in [1.29, 1.82) is 0 Å². The Hall–Kier alpha value is -1.59. The Kier molecular flexibility index (Phi) is 5.64. The summed E-state index contributed by atoms with van der Waals surface area (Å²) in [5.41, 5.74) is 0.996. The maximum atomic E-state index is 12.4. The van der Waals surface area contributed by atoms with E-state index in [1.54, 1.807) is 13.8 Å². The smallest absolute Gasteiger partial charge is 0.327 e. The Bertz CT molecular complexity index is 522. The summed E-state index contributed by atoms with van der Waals surface area (Å²) in [6, 6.07) is 0. The fraction of sp³-hybridized carbons (Fsp3) is 0.842. The molecule has 1 saturated carbocycles. The predicted octanol–water partition coefficient (Wildman–Crippen LogP) is 3.72. The van der Waals surface area contributed by atoms with E-state index in [1.807, 2.05) is 0 Å². The van der Waals surface area contributed by atoms with Crippen molar-refractivity contribution in [3.8, 4) is 0 Å². The quantitative estimate of drug-likeness (QED) is 0.532. The minimum absolute atomic E-state index is 0.00531. The molecule has 6 nitrogen and oxygen atoms in total. The van der Waals surface area contributed by atoms with Gasteiger partial charge in [0.05, 0.1) is 5.71 Å². The number of cyclic esters (lactones) is 2. The highest BCUT2D eigenvalue weighted by atomic mass is 16.7. The molecule has 140 valence electrons. The number of esters is 2. The van der Waals surface area contributed by atoms with Crippen molar-refractivity contribution in [3.05, 3.63) is 0 Å². The van der Waals surface area contributed by atoms with E-state index in [1.165, 1.54) is 38.5 Å². The van der Waals surface area contributed by atoms with E-state index in [0.717, 1.165) is 31.4 Å². The lowest BCUT2D eigenvalue weighted by Crippen LogP contribution is -2.52. The van der Waals surface area contributed by atoms with Crippen molar-refractivity contribution in [1.82, 2.24) is 0 Å². The highest BCUT2D eigenvalue weighted by Gasteiger charge is 2.53. The van der Waals surface area contributed by atoms with Crippen molar-refractivity contribution in [2.75, 3.05) is 0 Å². The van der Waals surface area contributed by atoms with Crippen LogP contribution in [0, 0.1) is 11.8 Å². The molecule has 1 saturated heterocycles. The number of carbonyl (C=O) groups excluding carboxylic acids is 2. The molecule has 2 atom stereocenters. The first-order valence-corrected chi connectivity index (χ1v) is 9.66. The maximum Gasteiger partial charge on any atom is 0.327 e. The van der Waals surface area contributed by atoms with Gasteiger partial charge in [-0.2, -0.15) is 0 Å². The molecule has 2 fully saturated rings. The minimum Gasteiger partial charge on any atom is -0.422 e. The number of ether oxygens (including phenoxy) is 2. The van der Waals surface area contributed by atoms with E-state index in [-0.39, 0.29) is 5.92 Å². The summed E-state index contributed by atoms with van der Waals surface area (Å²) in [7, 11) is 0. The second-order valence-electron chi connectivity index (χ2n) is 7.85. The number of rotatable bonds is 1. The summed E-state index contributed by atoms with van der Waals surface area (Å²) >= 11 is 0. The van der Waals surface area contributed by atoms with Crippen LogP contribution in [0.3, 0.4) is 0 Å². The van der Waals surface area contributed by atoms with Crippen molar-refractivity contribution < 1.29 is 23.9 Å². The Morgan fingerprint density at radius 1 is 0.880 bits per heavy atom. The zero-order valence-corrected chi connectivity index (χ0v) is 15.3. The van der Waals surface area contributed by atoms with Gasteiger partial charge < -0.3 is 14.3 Å². The van der Waals surface area contributed by atoms with Crippen LogP contribution in [0.25, 0.3) is 0 Å². The molecule has 0 spiro atoms. The molecular formula is C19H29NO5. The van der Waals surface area contributed by atoms with Crippen LogP contribution >= 0.6 is 0 Å². The largest absolute Gasteiger partial charge is 0.422 e. The summed E-state index contributed by atoms with van der Waals surface area (Å²) in [5, 5.41) is 4.25. The molecule has 0 bridgehead atoms. The lowest BCUT2D eigenvalue weighted by atomic mass is 9.82. The topological polar surface area (TPSA) is 74.2 Å². The van der Waals surface area contributed by atoms with Crippen LogP contribution in [0.15, 0.2) is 5.16 Å². The van der Waals surface area contributed by atoms with Crippen molar-refractivity contribution in [3.63, 3.8) is 0 Å². The molecule has 0 unspecified atom stereocenters. The van der Waals surface area contributed by atoms with Gasteiger partial charge in [-0.15, -0.1) is 0 Å². The summed E-state index contributed by atoms with van der Waals surface area (Å²) in [5.74, 6) is -3.36. The molecule has 0 aromatic rings. The van der Waals surface area contributed by atoms with Gasteiger partial charge >= 0.3 is 11.9 Å². The molecule has 25 heavy (non-hydrogen) atoms. The van der Waals surface area contributed by atoms with Crippen LogP contribution in [0.5, 0.6) is 0 Å². The third kappa shape index (κ3) is 4.33. The van der Waals surface area contributed by atoms with Gasteiger partial charge in [0.25, 0.3) is 5.79 Å². The maximum absolute atomic E-state index is 12.4. The van der Waals surface area contributed by atoms with E-state index < -0.39 is 29.7 Å². The number of fused-ring (bicyclic) bond motifs is 1. The second-order valence-corrected chi connectivity index (χ2v) is 7.85. The molecule has 0 radical (unpaired) electrons. The average Bonchev–Trinajstić information content (AvgIpc) is 2.88. The highest BCUT2D eigenvalue weighted by molar-refractivity contribution is 5.99. The molecule has 2 aliphatic heterocycles. The van der Waals surface area contributed by atoms with Crippen LogP contribution in [-0.2, 0) is 23.9 Å². The first-order chi connectivity index (χ1) is 12.0. The lowest BCUT2D eigenvalue weighted by Gasteiger charge is -2.35. The Balaban J connectivity index is 1.71. The fourth-order valence-electron chi connectivity index (χ4n) is 4.04. The lowest BCUT2D eigenvalue weighted by molar-refractivity contribution is -0.246. The predicted molar refractivity (Wildman–Crippen MR) is 91.7 cm³/mol. The second kappa shape index (κ2) is 7.75. The van der Waals surface area contributed by atoms with E-state index in [4.69, 9.17) is 14.3 Å². The van der Waals surface area contributed by atoms with Crippen molar-refractivity contribution >= 4 is 17.7 Å². The van der Waals surface area contributed by atoms with Gasteiger partial charge in [-0.25, -0.2) is 0 Å². The SMILES string of the molecule is CC1(C)OC(=O)C([C@H]2ON=C3CCCCCCCCCC[C@@H]32)C(=O)O1. The van der Waals surface area contributed by atoms with Gasteiger partial charge in [-0.3, -0.25) is 9.59 Å². The standard InChI is InChI=1S/C19H29NO5/c1-19(2)23-17(21)15(18(22)24-19)16-13-11-9-7-5-3-4-6-8-10-12-14(13)20-25-16/h13,15-16H,3-12H2,1-2H3/t13-,16-/m0/s1. The van der Waals surface area contributed by atoms with Crippen LogP contribution in [0.4, 0.5) is 0 Å². The molecule has 0 aromatic carbocycles. The summed E-state index contributed by atoms with van der Waals surface area (Å²) < 4.78 is 10.5. The third-order valence-corrected chi connectivity index (χ3v) is 5.34. The van der Waals surface area contributed by atoms with E-state index in [9.17, 15) is 9.59 Å². The first kappa shape index (κ1) is 18.2. The van der Waals surface area contributed by atoms with Gasteiger partial charge in [0, 0.05) is 19.8 Å². The Morgan fingerprint density at radius 2 is 1.44 bits per heavy atom. The number of hydrogen-bond acceptors (Lipinski definition) is 6. The van der Waals surface area contributed by atoms with Crippen LogP contribution < -0.4 is 0 Å². The summed E-state index contributed by atoms with van der Waals surface area (Å²) in [4.78, 5) is 30.4. The molecule has 0 N–H and O–H groups in total. The van der Waals surface area contributed by atoms with Gasteiger partial charge in [0.15, 0.2) is 12.0 Å². The molecule has 1 aliphatic carbocycles.